The van der Waals surface area contributed by atoms with Crippen LogP contribution in [0.2, 0.25) is 0 Å². The van der Waals surface area contributed by atoms with Crippen molar-refractivity contribution in [3.8, 4) is 0 Å². The van der Waals surface area contributed by atoms with E-state index in [4.69, 9.17) is 0 Å². The molecule has 0 amide bonds. The summed E-state index contributed by atoms with van der Waals surface area (Å²) >= 11 is 0. The largest absolute Gasteiger partial charge is 2.00 e. The maximum atomic E-state index is 11.6. The number of unbranched alkanes of at least 4 members (excludes halogenated alkanes) is 4. The molecule has 0 fully saturated rings. The molecule has 2 aromatic rings. The minimum atomic E-state index is 0. The molecular weight excluding hydrogens is 567 g/mol. The zero-order chi connectivity index (χ0) is 28.3. The van der Waals surface area contributed by atoms with Crippen LogP contribution in [0.15, 0.2) is 59.7 Å². The summed E-state index contributed by atoms with van der Waals surface area (Å²) in [5.41, 5.74) is 21.3. The first-order chi connectivity index (χ1) is 18.6. The van der Waals surface area contributed by atoms with Crippen LogP contribution < -0.4 is 0 Å². The maximum Gasteiger partial charge on any atom is 2.00 e. The minimum absolute atomic E-state index is 0. The molecule has 3 rings (SSSR count). The predicted octanol–water partition coefficient (Wildman–Crippen LogP) is 11.6. The van der Waals surface area contributed by atoms with Crippen molar-refractivity contribution in [2.24, 2.45) is 0 Å². The summed E-state index contributed by atoms with van der Waals surface area (Å²) in [7, 11) is 0. The summed E-state index contributed by atoms with van der Waals surface area (Å²) in [6.07, 6.45) is 13.7. The van der Waals surface area contributed by atoms with Gasteiger partial charge in [0.15, 0.2) is 0 Å². The van der Waals surface area contributed by atoms with Crippen LogP contribution >= 0.6 is 0 Å². The predicted molar refractivity (Wildman–Crippen MR) is 169 cm³/mol. The van der Waals surface area contributed by atoms with Gasteiger partial charge in [-0.2, -0.15) is 13.8 Å². The van der Waals surface area contributed by atoms with Crippen LogP contribution in [0.25, 0.3) is 16.9 Å². The Kier molecular flexibility index (Phi) is 20.9. The van der Waals surface area contributed by atoms with Crippen LogP contribution in [0.3, 0.4) is 0 Å². The molecule has 2 aromatic carbocycles. The van der Waals surface area contributed by atoms with Gasteiger partial charge in [0.2, 0.25) is 11.4 Å². The fraction of sp³-hybridized carbons (Fsp3) is 0.500. The zero-order valence-electron chi connectivity index (χ0n) is 25.7. The molecule has 0 saturated carbocycles. The molecule has 218 valence electrons. The summed E-state index contributed by atoms with van der Waals surface area (Å²) in [5.74, 6) is 0. The van der Waals surface area contributed by atoms with E-state index in [1.54, 1.807) is 13.8 Å². The van der Waals surface area contributed by atoms with Gasteiger partial charge in [0, 0.05) is 22.3 Å². The molecule has 0 radical (unpaired) electrons. The van der Waals surface area contributed by atoms with E-state index in [1.807, 2.05) is 0 Å². The van der Waals surface area contributed by atoms with Gasteiger partial charge in [-0.1, -0.05) is 77.6 Å². The molecule has 3 heteroatoms. The van der Waals surface area contributed by atoms with Gasteiger partial charge < -0.3 is 19.4 Å². The second-order valence-electron chi connectivity index (χ2n) is 9.77. The van der Waals surface area contributed by atoms with Crippen molar-refractivity contribution in [3.63, 3.8) is 0 Å². The topological polar surface area (TPSA) is 25.3 Å². The van der Waals surface area contributed by atoms with Crippen molar-refractivity contribution < 1.29 is 25.1 Å². The molecular formula is C36H54N2Pd. The van der Waals surface area contributed by atoms with E-state index in [-0.39, 0.29) is 20.4 Å². The Hall–Kier alpha value is -1.82. The zero-order valence-corrected chi connectivity index (χ0v) is 27.3. The van der Waals surface area contributed by atoms with Gasteiger partial charge in [0.05, 0.1) is 0 Å². The smallest absolute Gasteiger partial charge is 0.493 e. The molecule has 0 bridgehead atoms. The average Bonchev–Trinajstić information content (AvgIpc) is 3.25. The van der Waals surface area contributed by atoms with E-state index in [0.29, 0.717) is 0 Å². The number of benzene rings is 2. The number of hydrogen-bond donors (Lipinski definition) is 0. The van der Waals surface area contributed by atoms with Gasteiger partial charge in [-0.15, -0.1) is 0 Å². The standard InChI is InChI=1S/C32H44N2.2C2H5.Pd/c1-5-9-13-25-17-21-27(22-18-25)31-29(15-11-7-3)30(16-12-8-4)32(34(31)33)28-23-19-26(20-24-28)14-10-6-2;2*1-2;/h17-24H,5-16H2,1-4H3;2*1H2,2H3;/q;2*-1;+2. The molecule has 0 aromatic heterocycles. The maximum absolute atomic E-state index is 11.6. The van der Waals surface area contributed by atoms with Crippen molar-refractivity contribution >= 4 is 11.4 Å². The van der Waals surface area contributed by atoms with Gasteiger partial charge >= 0.3 is 20.4 Å². The summed E-state index contributed by atoms with van der Waals surface area (Å²) in [6.45, 7) is 19.0. The average molecular weight is 621 g/mol. The van der Waals surface area contributed by atoms with Crippen molar-refractivity contribution in [1.29, 1.82) is 0 Å². The first kappa shape index (κ1) is 37.2. The van der Waals surface area contributed by atoms with Gasteiger partial charge in [-0.05, 0) is 86.8 Å². The van der Waals surface area contributed by atoms with Crippen molar-refractivity contribution in [2.45, 2.75) is 119 Å². The molecule has 0 unspecified atom stereocenters. The molecule has 39 heavy (non-hydrogen) atoms. The van der Waals surface area contributed by atoms with Crippen LogP contribution in [-0.2, 0) is 33.3 Å². The molecule has 0 aliphatic carbocycles. The van der Waals surface area contributed by atoms with Crippen molar-refractivity contribution in [2.75, 3.05) is 0 Å². The molecule has 0 atom stereocenters. The van der Waals surface area contributed by atoms with E-state index in [1.165, 1.54) is 52.7 Å². The quantitative estimate of drug-likeness (QED) is 0.114. The third kappa shape index (κ3) is 10.9. The number of allylic oxidation sites excluding steroid dienone is 2. The van der Waals surface area contributed by atoms with Crippen molar-refractivity contribution in [1.82, 2.24) is 0 Å². The summed E-state index contributed by atoms with van der Waals surface area (Å²) in [4.78, 5) is 0. The van der Waals surface area contributed by atoms with Crippen LogP contribution in [0.5, 0.6) is 0 Å². The Morgan fingerprint density at radius 2 is 0.795 bits per heavy atom. The molecule has 0 N–H and O–H groups in total. The molecule has 1 aliphatic rings. The Labute approximate surface area is 255 Å². The number of rotatable bonds is 14. The number of aryl methyl sites for hydroxylation is 2. The molecule has 0 saturated heterocycles. The Balaban J connectivity index is 0.00000276. The van der Waals surface area contributed by atoms with Crippen LogP contribution in [0.1, 0.15) is 128 Å². The van der Waals surface area contributed by atoms with E-state index >= 15 is 0 Å². The Morgan fingerprint density at radius 3 is 1.08 bits per heavy atom. The first-order valence-electron chi connectivity index (χ1n) is 15.2. The van der Waals surface area contributed by atoms with E-state index in [0.717, 1.165) is 73.9 Å². The molecule has 0 spiro atoms. The Morgan fingerprint density at radius 1 is 0.513 bits per heavy atom. The normalized spacial score (nSPS) is 12.5. The van der Waals surface area contributed by atoms with E-state index in [2.05, 4.69) is 90.1 Å². The SMILES string of the molecule is CCCCC1=C(c2ccc(CCCC)cc2)[N+](=[N-])C(c2ccc(CCCC)cc2)=C1CCCC.[CH2-]C.[CH2-]C.[Pd+2]. The summed E-state index contributed by atoms with van der Waals surface area (Å²) < 4.78 is 1.51. The second kappa shape index (κ2) is 21.9. The third-order valence-corrected chi connectivity index (χ3v) is 7.01. The fourth-order valence-electron chi connectivity index (χ4n) is 4.91. The minimum Gasteiger partial charge on any atom is -0.493 e. The molecule has 1 heterocycles. The van der Waals surface area contributed by atoms with Gasteiger partial charge in [0.25, 0.3) is 0 Å². The van der Waals surface area contributed by atoms with Crippen LogP contribution in [-0.4, -0.2) is 4.70 Å². The molecule has 2 nitrogen and oxygen atoms in total. The monoisotopic (exact) mass is 620 g/mol. The van der Waals surface area contributed by atoms with Crippen molar-refractivity contribution in [3.05, 3.63) is 101 Å². The number of hydrogen-bond acceptors (Lipinski definition) is 0. The Bertz CT molecular complexity index is 916. The fourth-order valence-corrected chi connectivity index (χ4v) is 4.91. The summed E-state index contributed by atoms with van der Waals surface area (Å²) in [6, 6.07) is 17.8. The summed E-state index contributed by atoms with van der Waals surface area (Å²) in [5, 5.41) is 0. The first-order valence-corrected chi connectivity index (χ1v) is 15.2. The third-order valence-electron chi connectivity index (χ3n) is 7.01. The van der Waals surface area contributed by atoms with Crippen LogP contribution in [0, 0.1) is 13.8 Å². The molecule has 1 aliphatic heterocycles. The van der Waals surface area contributed by atoms with Gasteiger partial charge in [-0.25, -0.2) is 4.70 Å². The van der Waals surface area contributed by atoms with Crippen LogP contribution in [0.4, 0.5) is 0 Å². The second-order valence-corrected chi connectivity index (χ2v) is 9.77. The van der Waals surface area contributed by atoms with Gasteiger partial charge in [0.1, 0.15) is 0 Å². The van der Waals surface area contributed by atoms with E-state index in [9.17, 15) is 5.53 Å². The number of nitrogens with zero attached hydrogens (tertiary/aromatic N) is 2. The van der Waals surface area contributed by atoms with Gasteiger partial charge in [-0.3, -0.25) is 0 Å². The van der Waals surface area contributed by atoms with E-state index < -0.39 is 0 Å².